The van der Waals surface area contributed by atoms with Gasteiger partial charge in [0, 0.05) is 0 Å². The summed E-state index contributed by atoms with van der Waals surface area (Å²) in [5, 5.41) is 0.232. The molecule has 1 aliphatic heterocycles. The average Bonchev–Trinajstić information content (AvgIpc) is 3.17. The largest absolute Gasteiger partial charge is 0.365 e. The maximum absolute atomic E-state index is 13.8. The van der Waals surface area contributed by atoms with E-state index in [1.54, 1.807) is 66.7 Å². The number of benzene rings is 4. The minimum atomic E-state index is -4.20. The zero-order chi connectivity index (χ0) is 26.9. The Kier molecular flexibility index (Phi) is 6.71. The van der Waals surface area contributed by atoms with Crippen LogP contribution >= 0.6 is 11.6 Å². The van der Waals surface area contributed by atoms with Crippen LogP contribution in [0.4, 0.5) is 5.69 Å². The number of anilines is 1. The van der Waals surface area contributed by atoms with E-state index in [4.69, 9.17) is 16.4 Å². The molecule has 1 heterocycles. The summed E-state index contributed by atoms with van der Waals surface area (Å²) in [5.74, 6) is -2.77. The quantitative estimate of drug-likeness (QED) is 0.299. The molecule has 10 heteroatoms. The number of hydrogen-bond acceptors (Lipinski definition) is 6. The third-order valence-corrected chi connectivity index (χ3v) is 7.99. The maximum atomic E-state index is 13.8. The highest BCUT2D eigenvalue weighted by atomic mass is 35.5. The van der Waals surface area contributed by atoms with Crippen LogP contribution in [0.25, 0.3) is 0 Å². The Balaban J connectivity index is 1.48. The molecular weight excluding hydrogens is 528 g/mol. The Morgan fingerprint density at radius 3 is 1.95 bits per heavy atom. The van der Waals surface area contributed by atoms with E-state index in [0.717, 1.165) is 11.6 Å². The van der Waals surface area contributed by atoms with Gasteiger partial charge < -0.3 is 4.84 Å². The van der Waals surface area contributed by atoms with Gasteiger partial charge in [-0.3, -0.25) is 13.9 Å². The van der Waals surface area contributed by atoms with Crippen LogP contribution < -0.4 is 4.31 Å². The van der Waals surface area contributed by atoms with E-state index in [9.17, 15) is 22.8 Å². The third kappa shape index (κ3) is 4.65. The first kappa shape index (κ1) is 25.2. The van der Waals surface area contributed by atoms with Gasteiger partial charge in [0.15, 0.2) is 0 Å². The fourth-order valence-corrected chi connectivity index (χ4v) is 5.66. The van der Waals surface area contributed by atoms with Gasteiger partial charge in [-0.15, -0.1) is 0 Å². The van der Waals surface area contributed by atoms with E-state index in [1.165, 1.54) is 28.6 Å². The summed E-state index contributed by atoms with van der Waals surface area (Å²) in [6.45, 7) is 0.0324. The molecule has 0 atom stereocenters. The van der Waals surface area contributed by atoms with Crippen LogP contribution in [-0.4, -0.2) is 31.3 Å². The van der Waals surface area contributed by atoms with Crippen LogP contribution in [0.2, 0.25) is 5.02 Å². The van der Waals surface area contributed by atoms with Crippen molar-refractivity contribution in [1.29, 1.82) is 0 Å². The molecule has 38 heavy (non-hydrogen) atoms. The van der Waals surface area contributed by atoms with Crippen LogP contribution in [-0.2, 0) is 21.4 Å². The van der Waals surface area contributed by atoms with Gasteiger partial charge in [-0.05, 0) is 48.0 Å². The Morgan fingerprint density at radius 1 is 0.789 bits per heavy atom. The van der Waals surface area contributed by atoms with Crippen molar-refractivity contribution in [3.05, 3.63) is 130 Å². The molecule has 0 radical (unpaired) electrons. The van der Waals surface area contributed by atoms with E-state index >= 15 is 0 Å². The molecule has 0 aliphatic carbocycles. The van der Waals surface area contributed by atoms with Crippen molar-refractivity contribution in [2.45, 2.75) is 11.4 Å². The smallest absolute Gasteiger partial charge is 0.324 e. The van der Waals surface area contributed by atoms with E-state index in [1.807, 2.05) is 6.07 Å². The molecule has 190 valence electrons. The fourth-order valence-electron chi connectivity index (χ4n) is 3.99. The first-order valence-electron chi connectivity index (χ1n) is 11.4. The van der Waals surface area contributed by atoms with Crippen molar-refractivity contribution in [3.63, 3.8) is 0 Å². The number of amides is 2. The molecular formula is C28H19ClN2O6S. The van der Waals surface area contributed by atoms with E-state index < -0.39 is 27.8 Å². The van der Waals surface area contributed by atoms with E-state index in [2.05, 4.69) is 0 Å². The lowest BCUT2D eigenvalue weighted by Crippen LogP contribution is -2.33. The van der Waals surface area contributed by atoms with Crippen LogP contribution in [0.15, 0.2) is 108 Å². The minimum absolute atomic E-state index is 0.0324. The zero-order valence-corrected chi connectivity index (χ0v) is 21.2. The summed E-state index contributed by atoms with van der Waals surface area (Å²) in [7, 11) is -4.20. The summed E-state index contributed by atoms with van der Waals surface area (Å²) >= 11 is 6.22. The molecule has 8 nitrogen and oxygen atoms in total. The second-order valence-electron chi connectivity index (χ2n) is 8.30. The van der Waals surface area contributed by atoms with Crippen molar-refractivity contribution in [1.82, 2.24) is 5.06 Å². The van der Waals surface area contributed by atoms with Crippen molar-refractivity contribution in [2.24, 2.45) is 0 Å². The number of carbonyl (C=O) groups is 3. The van der Waals surface area contributed by atoms with Crippen molar-refractivity contribution < 1.29 is 27.6 Å². The maximum Gasteiger partial charge on any atom is 0.365 e. The molecule has 0 aromatic heterocycles. The number of imide groups is 1. The number of sulfonamides is 1. The van der Waals surface area contributed by atoms with Crippen LogP contribution in [0.1, 0.15) is 36.6 Å². The zero-order valence-electron chi connectivity index (χ0n) is 19.7. The molecule has 4 aromatic rings. The number of hydrogen-bond donors (Lipinski definition) is 0. The summed E-state index contributed by atoms with van der Waals surface area (Å²) in [5.41, 5.74) is 1.02. The van der Waals surface area contributed by atoms with E-state index in [-0.39, 0.29) is 33.2 Å². The predicted octanol–water partition coefficient (Wildman–Crippen LogP) is 5.10. The Hall–Kier alpha value is -4.47. The molecule has 0 N–H and O–H groups in total. The Labute approximate surface area is 223 Å². The Morgan fingerprint density at radius 2 is 1.34 bits per heavy atom. The summed E-state index contributed by atoms with van der Waals surface area (Å²) in [6, 6.07) is 27.2. The molecule has 4 aromatic carbocycles. The topological polar surface area (TPSA) is 101 Å². The second-order valence-corrected chi connectivity index (χ2v) is 10.6. The monoisotopic (exact) mass is 546 g/mol. The van der Waals surface area contributed by atoms with Gasteiger partial charge in [0.2, 0.25) is 0 Å². The van der Waals surface area contributed by atoms with Crippen LogP contribution in [0.5, 0.6) is 0 Å². The number of halogens is 1. The van der Waals surface area contributed by atoms with Crippen molar-refractivity contribution in [2.75, 3.05) is 4.31 Å². The fraction of sp³-hybridized carbons (Fsp3) is 0.0357. The highest BCUT2D eigenvalue weighted by molar-refractivity contribution is 7.92. The highest BCUT2D eigenvalue weighted by Crippen LogP contribution is 2.30. The molecule has 0 spiro atoms. The van der Waals surface area contributed by atoms with Crippen LogP contribution in [0.3, 0.4) is 0 Å². The predicted molar refractivity (Wildman–Crippen MR) is 140 cm³/mol. The second kappa shape index (κ2) is 10.1. The SMILES string of the molecule is O=C(ON1C(=O)c2ccccc2C1=O)c1cc(S(=O)(=O)N(Cc2ccccc2)c2ccccc2)ccc1Cl. The summed E-state index contributed by atoms with van der Waals surface area (Å²) in [6.07, 6.45) is 0. The number of rotatable bonds is 7. The first-order valence-corrected chi connectivity index (χ1v) is 13.2. The Bertz CT molecular complexity index is 1620. The average molecular weight is 547 g/mol. The van der Waals surface area contributed by atoms with Crippen molar-refractivity contribution >= 4 is 45.1 Å². The van der Waals surface area contributed by atoms with E-state index in [0.29, 0.717) is 10.8 Å². The third-order valence-electron chi connectivity index (χ3n) is 5.89. The number of carbonyl (C=O) groups excluding carboxylic acids is 3. The standard InChI is InChI=1S/C28H19ClN2O6S/c29-25-16-15-21(17-24(25)28(34)37-31-26(32)22-13-7-8-14-23(22)27(31)33)38(35,36)30(20-11-5-2-6-12-20)18-19-9-3-1-4-10-19/h1-17H,18H2. The first-order chi connectivity index (χ1) is 18.3. The van der Waals surface area contributed by atoms with Gasteiger partial charge in [0.1, 0.15) is 0 Å². The highest BCUT2D eigenvalue weighted by Gasteiger charge is 2.39. The molecule has 0 saturated carbocycles. The van der Waals surface area contributed by atoms with Gasteiger partial charge in [-0.25, -0.2) is 13.2 Å². The lowest BCUT2D eigenvalue weighted by atomic mass is 10.1. The van der Waals surface area contributed by atoms with Crippen LogP contribution in [0, 0.1) is 0 Å². The molecule has 5 rings (SSSR count). The molecule has 0 unspecified atom stereocenters. The van der Waals surface area contributed by atoms with Gasteiger partial charge in [0.25, 0.3) is 21.8 Å². The van der Waals surface area contributed by atoms with Gasteiger partial charge in [0.05, 0.1) is 38.8 Å². The van der Waals surface area contributed by atoms with Gasteiger partial charge >= 0.3 is 5.97 Å². The summed E-state index contributed by atoms with van der Waals surface area (Å²) < 4.78 is 28.9. The molecule has 2 amide bonds. The summed E-state index contributed by atoms with van der Waals surface area (Å²) in [4.78, 5) is 43.1. The lowest BCUT2D eigenvalue weighted by Gasteiger charge is -2.25. The molecule has 1 aliphatic rings. The number of hydroxylamine groups is 2. The molecule has 0 bridgehead atoms. The molecule has 0 fully saturated rings. The number of fused-ring (bicyclic) bond motifs is 1. The molecule has 0 saturated heterocycles. The lowest BCUT2D eigenvalue weighted by molar-refractivity contribution is -0.0584. The normalized spacial score (nSPS) is 12.8. The number of nitrogens with zero attached hydrogens (tertiary/aromatic N) is 2. The number of para-hydroxylation sites is 1. The van der Waals surface area contributed by atoms with Crippen molar-refractivity contribution in [3.8, 4) is 0 Å². The van der Waals surface area contributed by atoms with Gasteiger partial charge in [-0.1, -0.05) is 77.3 Å². The van der Waals surface area contributed by atoms with Gasteiger partial charge in [-0.2, -0.15) is 0 Å². The minimum Gasteiger partial charge on any atom is -0.324 e.